The molecule has 0 radical (unpaired) electrons. The van der Waals surface area contributed by atoms with Crippen molar-refractivity contribution in [2.24, 2.45) is 7.05 Å². The lowest BCUT2D eigenvalue weighted by molar-refractivity contribution is 0.481. The number of phenolic OH excluding ortho intramolecular Hbond substituents is 1. The van der Waals surface area contributed by atoms with Crippen molar-refractivity contribution >= 4 is 23.3 Å². The number of hydrogen-bond acceptors (Lipinski definition) is 1. The van der Waals surface area contributed by atoms with Gasteiger partial charge >= 0.3 is 0 Å². The summed E-state index contributed by atoms with van der Waals surface area (Å²) in [5.41, 5.74) is 1.06. The highest BCUT2D eigenvalue weighted by Gasteiger charge is 1.99. The summed E-state index contributed by atoms with van der Waals surface area (Å²) in [6, 6.07) is 7.43. The van der Waals surface area contributed by atoms with Crippen molar-refractivity contribution in [3.63, 3.8) is 0 Å². The Morgan fingerprint density at radius 2 is 2.00 bits per heavy atom. The summed E-state index contributed by atoms with van der Waals surface area (Å²) in [7, 11) is 1.96. The zero-order valence-electron chi connectivity index (χ0n) is 6.69. The second-order valence-corrected chi connectivity index (χ2v) is 2.64. The molecule has 3 heteroatoms. The minimum atomic E-state index is 0. The number of aryl methyl sites for hydroxylation is 1. The molecule has 0 bridgehead atoms. The van der Waals surface area contributed by atoms with E-state index in [0.717, 1.165) is 10.9 Å². The number of phenols is 1. The Morgan fingerprint density at radius 1 is 1.25 bits per heavy atom. The molecule has 0 aliphatic rings. The van der Waals surface area contributed by atoms with E-state index in [1.54, 1.807) is 6.07 Å². The highest BCUT2D eigenvalue weighted by atomic mass is 35.5. The number of aromatic nitrogens is 1. The van der Waals surface area contributed by atoms with Gasteiger partial charge in [0.1, 0.15) is 5.75 Å². The Morgan fingerprint density at radius 3 is 2.67 bits per heavy atom. The van der Waals surface area contributed by atoms with Gasteiger partial charge in [0.15, 0.2) is 0 Å². The minimum Gasteiger partial charge on any atom is -0.507 e. The first-order valence-electron chi connectivity index (χ1n) is 3.52. The SMILES string of the molecule is Cl.Cn1ccc2c(O)cccc21. The number of fused-ring (bicyclic) bond motifs is 1. The molecule has 12 heavy (non-hydrogen) atoms. The van der Waals surface area contributed by atoms with Crippen LogP contribution in [0.2, 0.25) is 0 Å². The van der Waals surface area contributed by atoms with E-state index in [9.17, 15) is 5.11 Å². The average molecular weight is 184 g/mol. The number of benzene rings is 1. The molecule has 1 heterocycles. The summed E-state index contributed by atoms with van der Waals surface area (Å²) < 4.78 is 1.98. The van der Waals surface area contributed by atoms with Gasteiger partial charge in [-0.2, -0.15) is 0 Å². The maximum absolute atomic E-state index is 9.37. The first-order chi connectivity index (χ1) is 5.29. The van der Waals surface area contributed by atoms with Gasteiger partial charge in [-0.05, 0) is 18.2 Å². The van der Waals surface area contributed by atoms with Gasteiger partial charge < -0.3 is 9.67 Å². The van der Waals surface area contributed by atoms with E-state index in [1.165, 1.54) is 0 Å². The van der Waals surface area contributed by atoms with Gasteiger partial charge in [-0.1, -0.05) is 6.07 Å². The van der Waals surface area contributed by atoms with Gasteiger partial charge in [0.05, 0.1) is 5.52 Å². The molecule has 2 nitrogen and oxygen atoms in total. The quantitative estimate of drug-likeness (QED) is 0.666. The fraction of sp³-hybridized carbons (Fsp3) is 0.111. The lowest BCUT2D eigenvalue weighted by Gasteiger charge is -1.96. The lowest BCUT2D eigenvalue weighted by atomic mass is 10.2. The van der Waals surface area contributed by atoms with Gasteiger partial charge in [-0.3, -0.25) is 0 Å². The van der Waals surface area contributed by atoms with Crippen LogP contribution >= 0.6 is 12.4 Å². The fourth-order valence-electron chi connectivity index (χ4n) is 1.29. The molecule has 1 aromatic heterocycles. The standard InChI is InChI=1S/C9H9NO.ClH/c1-10-6-5-7-8(10)3-2-4-9(7)11;/h2-6,11H,1H3;1H. The Kier molecular flexibility index (Phi) is 2.29. The normalized spacial score (nSPS) is 9.75. The van der Waals surface area contributed by atoms with E-state index in [-0.39, 0.29) is 12.4 Å². The number of nitrogens with zero attached hydrogens (tertiary/aromatic N) is 1. The first kappa shape index (κ1) is 8.94. The topological polar surface area (TPSA) is 25.2 Å². The van der Waals surface area contributed by atoms with Crippen LogP contribution in [0.4, 0.5) is 0 Å². The second kappa shape index (κ2) is 3.07. The van der Waals surface area contributed by atoms with Gasteiger partial charge in [0.25, 0.3) is 0 Å². The highest BCUT2D eigenvalue weighted by Crippen LogP contribution is 2.23. The van der Waals surface area contributed by atoms with E-state index >= 15 is 0 Å². The van der Waals surface area contributed by atoms with E-state index in [4.69, 9.17) is 0 Å². The molecule has 0 spiro atoms. The van der Waals surface area contributed by atoms with Crippen molar-refractivity contribution in [3.05, 3.63) is 30.5 Å². The van der Waals surface area contributed by atoms with Crippen LogP contribution in [0, 0.1) is 0 Å². The third kappa shape index (κ3) is 1.14. The zero-order valence-corrected chi connectivity index (χ0v) is 7.51. The van der Waals surface area contributed by atoms with Gasteiger partial charge in [-0.15, -0.1) is 12.4 Å². The molecule has 0 aliphatic carbocycles. The summed E-state index contributed by atoms with van der Waals surface area (Å²) in [5, 5.41) is 10.3. The van der Waals surface area contributed by atoms with Gasteiger partial charge in [-0.25, -0.2) is 0 Å². The van der Waals surface area contributed by atoms with Crippen molar-refractivity contribution in [2.75, 3.05) is 0 Å². The highest BCUT2D eigenvalue weighted by molar-refractivity contribution is 5.86. The number of rotatable bonds is 0. The molecule has 0 unspecified atom stereocenters. The van der Waals surface area contributed by atoms with Crippen LogP contribution in [-0.4, -0.2) is 9.67 Å². The predicted molar refractivity (Wildman–Crippen MR) is 51.8 cm³/mol. The van der Waals surface area contributed by atoms with Crippen molar-refractivity contribution in [1.29, 1.82) is 0 Å². The van der Waals surface area contributed by atoms with E-state index < -0.39 is 0 Å². The molecular formula is C9H10ClNO. The number of hydrogen-bond donors (Lipinski definition) is 1. The molecule has 0 fully saturated rings. The van der Waals surface area contributed by atoms with Gasteiger partial charge in [0.2, 0.25) is 0 Å². The largest absolute Gasteiger partial charge is 0.507 e. The van der Waals surface area contributed by atoms with Crippen molar-refractivity contribution in [3.8, 4) is 5.75 Å². The molecule has 0 saturated heterocycles. The molecule has 64 valence electrons. The molecule has 0 saturated carbocycles. The Labute approximate surface area is 76.8 Å². The molecule has 0 amide bonds. The minimum absolute atomic E-state index is 0. The van der Waals surface area contributed by atoms with Crippen LogP contribution in [0.15, 0.2) is 30.5 Å². The van der Waals surface area contributed by atoms with Crippen LogP contribution in [0.3, 0.4) is 0 Å². The first-order valence-corrected chi connectivity index (χ1v) is 3.52. The van der Waals surface area contributed by atoms with E-state index in [0.29, 0.717) is 5.75 Å². The van der Waals surface area contributed by atoms with Crippen LogP contribution in [-0.2, 0) is 7.05 Å². The maximum Gasteiger partial charge on any atom is 0.124 e. The summed E-state index contributed by atoms with van der Waals surface area (Å²) in [5.74, 6) is 0.350. The van der Waals surface area contributed by atoms with E-state index in [2.05, 4.69) is 0 Å². The summed E-state index contributed by atoms with van der Waals surface area (Å²) in [4.78, 5) is 0. The summed E-state index contributed by atoms with van der Waals surface area (Å²) in [6.45, 7) is 0. The van der Waals surface area contributed by atoms with Crippen molar-refractivity contribution in [1.82, 2.24) is 4.57 Å². The van der Waals surface area contributed by atoms with Crippen LogP contribution in [0.1, 0.15) is 0 Å². The molecule has 0 aliphatic heterocycles. The molecule has 2 rings (SSSR count). The maximum atomic E-state index is 9.37. The number of halogens is 1. The fourth-order valence-corrected chi connectivity index (χ4v) is 1.29. The monoisotopic (exact) mass is 183 g/mol. The Hall–Kier alpha value is -1.15. The third-order valence-corrected chi connectivity index (χ3v) is 1.90. The van der Waals surface area contributed by atoms with Crippen LogP contribution in [0.5, 0.6) is 5.75 Å². The smallest absolute Gasteiger partial charge is 0.124 e. The Bertz CT molecular complexity index is 394. The number of aromatic hydroxyl groups is 1. The van der Waals surface area contributed by atoms with Crippen LogP contribution < -0.4 is 0 Å². The van der Waals surface area contributed by atoms with E-state index in [1.807, 2.05) is 36.0 Å². The van der Waals surface area contributed by atoms with Crippen LogP contribution in [0.25, 0.3) is 10.9 Å². The Balaban J connectivity index is 0.000000720. The molecule has 0 atom stereocenters. The molecule has 2 aromatic rings. The van der Waals surface area contributed by atoms with Crippen molar-refractivity contribution < 1.29 is 5.11 Å². The van der Waals surface area contributed by atoms with Crippen molar-refractivity contribution in [2.45, 2.75) is 0 Å². The zero-order chi connectivity index (χ0) is 7.84. The third-order valence-electron chi connectivity index (χ3n) is 1.90. The molecular weight excluding hydrogens is 174 g/mol. The molecule has 1 N–H and O–H groups in total. The molecule has 1 aromatic carbocycles. The lowest BCUT2D eigenvalue weighted by Crippen LogP contribution is -1.81. The summed E-state index contributed by atoms with van der Waals surface area (Å²) >= 11 is 0. The van der Waals surface area contributed by atoms with Gasteiger partial charge in [0, 0.05) is 18.6 Å². The average Bonchev–Trinajstić information content (AvgIpc) is 2.35. The second-order valence-electron chi connectivity index (χ2n) is 2.64. The summed E-state index contributed by atoms with van der Waals surface area (Å²) in [6.07, 6.45) is 1.93. The predicted octanol–water partition coefficient (Wildman–Crippen LogP) is 2.31.